The molecule has 2 N–H and O–H groups in total. The number of carboxylic acids is 1. The van der Waals surface area contributed by atoms with Gasteiger partial charge in [-0.05, 0) is 44.7 Å². The number of aryl methyl sites for hydroxylation is 2. The van der Waals surface area contributed by atoms with Crippen molar-refractivity contribution in [3.05, 3.63) is 29.3 Å². The van der Waals surface area contributed by atoms with Crippen LogP contribution in [-0.2, 0) is 9.59 Å². The van der Waals surface area contributed by atoms with Gasteiger partial charge in [-0.3, -0.25) is 9.59 Å². The molecule has 2 rings (SSSR count). The lowest BCUT2D eigenvalue weighted by Crippen LogP contribution is -2.55. The summed E-state index contributed by atoms with van der Waals surface area (Å²) in [6.07, 6.45) is 2.53. The minimum Gasteiger partial charge on any atom is -0.481 e. The molecule has 0 aliphatic heterocycles. The zero-order valence-electron chi connectivity index (χ0n) is 12.4. The van der Waals surface area contributed by atoms with Crippen LogP contribution in [-0.4, -0.2) is 28.3 Å². The van der Waals surface area contributed by atoms with Crippen LogP contribution >= 0.6 is 11.8 Å². The van der Waals surface area contributed by atoms with E-state index >= 15 is 0 Å². The van der Waals surface area contributed by atoms with Crippen molar-refractivity contribution in [1.82, 2.24) is 5.32 Å². The number of carboxylic acid groups (broad SMARTS) is 1. The molecular weight excluding hydrogens is 286 g/mol. The first-order chi connectivity index (χ1) is 9.90. The van der Waals surface area contributed by atoms with E-state index < -0.39 is 11.5 Å². The number of carbonyl (C=O) groups is 2. The van der Waals surface area contributed by atoms with Crippen LogP contribution in [0.4, 0.5) is 0 Å². The standard InChI is InChI=1S/C16H21NO3S/c1-11-4-5-12(2)13(8-11)21-10-14(18)17-16(6-3-7-16)9-15(19)20/h4-5,8H,3,6-7,9-10H2,1-2H3,(H,17,18)(H,19,20). The van der Waals surface area contributed by atoms with Gasteiger partial charge in [0.05, 0.1) is 17.7 Å². The Kier molecular flexibility index (Phi) is 4.93. The molecule has 1 saturated carbocycles. The average Bonchev–Trinajstić information content (AvgIpc) is 2.36. The van der Waals surface area contributed by atoms with E-state index in [4.69, 9.17) is 5.11 Å². The Morgan fingerprint density at radius 3 is 2.62 bits per heavy atom. The van der Waals surface area contributed by atoms with Crippen LogP contribution in [0, 0.1) is 13.8 Å². The molecule has 5 heteroatoms. The van der Waals surface area contributed by atoms with E-state index in [1.165, 1.54) is 17.3 Å². The number of carbonyl (C=O) groups excluding carboxylic acids is 1. The number of nitrogens with one attached hydrogen (secondary N) is 1. The Labute approximate surface area is 129 Å². The molecule has 0 heterocycles. The summed E-state index contributed by atoms with van der Waals surface area (Å²) in [5, 5.41) is 11.9. The average molecular weight is 307 g/mol. The van der Waals surface area contributed by atoms with Gasteiger partial charge in [0.2, 0.25) is 5.91 Å². The van der Waals surface area contributed by atoms with E-state index in [1.807, 2.05) is 19.9 Å². The molecule has 1 aromatic rings. The Morgan fingerprint density at radius 1 is 1.33 bits per heavy atom. The maximum absolute atomic E-state index is 12.1. The fourth-order valence-electron chi connectivity index (χ4n) is 2.58. The predicted octanol–water partition coefficient (Wildman–Crippen LogP) is 2.91. The molecule has 0 aromatic heterocycles. The molecule has 1 fully saturated rings. The summed E-state index contributed by atoms with van der Waals surface area (Å²) in [4.78, 5) is 24.1. The number of benzene rings is 1. The van der Waals surface area contributed by atoms with Gasteiger partial charge in [-0.15, -0.1) is 11.8 Å². The van der Waals surface area contributed by atoms with Crippen molar-refractivity contribution < 1.29 is 14.7 Å². The zero-order chi connectivity index (χ0) is 15.5. The SMILES string of the molecule is Cc1ccc(C)c(SCC(=O)NC2(CC(=O)O)CCC2)c1. The van der Waals surface area contributed by atoms with Crippen LogP contribution in [0.1, 0.15) is 36.8 Å². The maximum atomic E-state index is 12.1. The van der Waals surface area contributed by atoms with Gasteiger partial charge < -0.3 is 10.4 Å². The summed E-state index contributed by atoms with van der Waals surface area (Å²) in [5.74, 6) is -0.606. The van der Waals surface area contributed by atoms with Crippen molar-refractivity contribution in [2.45, 2.75) is 50.0 Å². The van der Waals surface area contributed by atoms with Crippen molar-refractivity contribution in [2.24, 2.45) is 0 Å². The molecule has 1 aliphatic carbocycles. The Hall–Kier alpha value is -1.49. The molecule has 0 radical (unpaired) electrons. The summed E-state index contributed by atoms with van der Waals surface area (Å²) in [6.45, 7) is 4.05. The van der Waals surface area contributed by atoms with Gasteiger partial charge in [0.1, 0.15) is 0 Å². The van der Waals surface area contributed by atoms with Gasteiger partial charge in [0.25, 0.3) is 0 Å². The largest absolute Gasteiger partial charge is 0.481 e. The highest BCUT2D eigenvalue weighted by Crippen LogP contribution is 2.35. The maximum Gasteiger partial charge on any atom is 0.305 e. The molecular formula is C16H21NO3S. The molecule has 21 heavy (non-hydrogen) atoms. The Balaban J connectivity index is 1.90. The lowest BCUT2D eigenvalue weighted by atomic mass is 9.74. The third-order valence-corrected chi connectivity index (χ3v) is 5.06. The van der Waals surface area contributed by atoms with Crippen molar-refractivity contribution in [1.29, 1.82) is 0 Å². The van der Waals surface area contributed by atoms with Crippen molar-refractivity contribution in [2.75, 3.05) is 5.75 Å². The monoisotopic (exact) mass is 307 g/mol. The highest BCUT2D eigenvalue weighted by Gasteiger charge is 2.40. The topological polar surface area (TPSA) is 66.4 Å². The van der Waals surface area contributed by atoms with Gasteiger partial charge in [-0.25, -0.2) is 0 Å². The van der Waals surface area contributed by atoms with E-state index in [1.54, 1.807) is 0 Å². The third-order valence-electron chi connectivity index (χ3n) is 3.91. The van der Waals surface area contributed by atoms with Crippen molar-refractivity contribution in [3.63, 3.8) is 0 Å². The first-order valence-electron chi connectivity index (χ1n) is 7.13. The third kappa shape index (κ3) is 4.24. The second-order valence-corrected chi connectivity index (χ2v) is 6.83. The first-order valence-corrected chi connectivity index (χ1v) is 8.12. The Bertz CT molecular complexity index is 552. The summed E-state index contributed by atoms with van der Waals surface area (Å²) in [7, 11) is 0. The molecule has 0 atom stereocenters. The quantitative estimate of drug-likeness (QED) is 0.793. The van der Waals surface area contributed by atoms with Crippen molar-refractivity contribution in [3.8, 4) is 0 Å². The molecule has 1 aliphatic rings. The molecule has 114 valence electrons. The van der Waals surface area contributed by atoms with Gasteiger partial charge >= 0.3 is 5.97 Å². The fraction of sp³-hybridized carbons (Fsp3) is 0.500. The summed E-state index contributed by atoms with van der Waals surface area (Å²) in [5.41, 5.74) is 1.82. The van der Waals surface area contributed by atoms with Crippen LogP contribution in [0.5, 0.6) is 0 Å². The zero-order valence-corrected chi connectivity index (χ0v) is 13.3. The van der Waals surface area contributed by atoms with E-state index in [0.29, 0.717) is 5.75 Å². The minimum absolute atomic E-state index is 0.0207. The molecule has 0 unspecified atom stereocenters. The number of aliphatic carboxylic acids is 1. The van der Waals surface area contributed by atoms with Gasteiger partial charge in [-0.1, -0.05) is 17.7 Å². The first kappa shape index (κ1) is 15.9. The fourth-order valence-corrected chi connectivity index (χ4v) is 3.50. The van der Waals surface area contributed by atoms with Gasteiger partial charge in [0, 0.05) is 4.90 Å². The van der Waals surface area contributed by atoms with E-state index in [2.05, 4.69) is 17.4 Å². The van der Waals surface area contributed by atoms with E-state index in [-0.39, 0.29) is 12.3 Å². The molecule has 0 spiro atoms. The van der Waals surface area contributed by atoms with Crippen LogP contribution in [0.2, 0.25) is 0 Å². The summed E-state index contributed by atoms with van der Waals surface area (Å²) < 4.78 is 0. The smallest absolute Gasteiger partial charge is 0.305 e. The van der Waals surface area contributed by atoms with E-state index in [9.17, 15) is 9.59 Å². The predicted molar refractivity (Wildman–Crippen MR) is 83.6 cm³/mol. The van der Waals surface area contributed by atoms with Crippen LogP contribution in [0.15, 0.2) is 23.1 Å². The molecule has 0 saturated heterocycles. The number of thioether (sulfide) groups is 1. The van der Waals surface area contributed by atoms with Crippen LogP contribution in [0.3, 0.4) is 0 Å². The normalized spacial score (nSPS) is 16.1. The van der Waals surface area contributed by atoms with Gasteiger partial charge in [-0.2, -0.15) is 0 Å². The summed E-state index contributed by atoms with van der Waals surface area (Å²) >= 11 is 1.50. The lowest BCUT2D eigenvalue weighted by molar-refractivity contribution is -0.140. The molecule has 4 nitrogen and oxygen atoms in total. The lowest BCUT2D eigenvalue weighted by Gasteiger charge is -2.41. The number of hydrogen-bond acceptors (Lipinski definition) is 3. The van der Waals surface area contributed by atoms with Crippen LogP contribution < -0.4 is 5.32 Å². The van der Waals surface area contributed by atoms with Gasteiger partial charge in [0.15, 0.2) is 0 Å². The van der Waals surface area contributed by atoms with Crippen molar-refractivity contribution >= 4 is 23.6 Å². The number of amides is 1. The highest BCUT2D eigenvalue weighted by molar-refractivity contribution is 8.00. The second kappa shape index (κ2) is 6.52. The summed E-state index contributed by atoms with van der Waals surface area (Å²) in [6, 6.07) is 6.17. The molecule has 1 aromatic carbocycles. The van der Waals surface area contributed by atoms with E-state index in [0.717, 1.165) is 29.7 Å². The van der Waals surface area contributed by atoms with Crippen LogP contribution in [0.25, 0.3) is 0 Å². The molecule has 1 amide bonds. The second-order valence-electron chi connectivity index (χ2n) is 5.81. The number of rotatable bonds is 6. The Morgan fingerprint density at radius 2 is 2.05 bits per heavy atom. The highest BCUT2D eigenvalue weighted by atomic mass is 32.2. The minimum atomic E-state index is -0.850. The number of hydrogen-bond donors (Lipinski definition) is 2. The molecule has 0 bridgehead atoms.